The summed E-state index contributed by atoms with van der Waals surface area (Å²) in [4.78, 5) is 0. The molecule has 3 nitrogen and oxygen atoms in total. The molecule has 0 aliphatic carbocycles. The van der Waals surface area contributed by atoms with Crippen LogP contribution >= 0.6 is 0 Å². The maximum atomic E-state index is 9.21. The van der Waals surface area contributed by atoms with Crippen LogP contribution in [0.2, 0.25) is 0 Å². The van der Waals surface area contributed by atoms with E-state index < -0.39 is 6.04 Å². The number of nitriles is 1. The minimum absolute atomic E-state index is 0.0984. The van der Waals surface area contributed by atoms with Gasteiger partial charge in [-0.2, -0.15) is 5.26 Å². The zero-order chi connectivity index (χ0) is 13.0. The Morgan fingerprint density at radius 1 is 1.17 bits per heavy atom. The van der Waals surface area contributed by atoms with Crippen LogP contribution in [0.3, 0.4) is 0 Å². The van der Waals surface area contributed by atoms with Gasteiger partial charge < -0.3 is 4.42 Å². The number of rotatable bonds is 4. The highest BCUT2D eigenvalue weighted by Crippen LogP contribution is 2.20. The average Bonchev–Trinajstić information content (AvgIpc) is 2.83. The third-order valence-corrected chi connectivity index (χ3v) is 2.89. The molecule has 0 saturated carbocycles. The van der Waals surface area contributed by atoms with Crippen LogP contribution in [-0.4, -0.2) is 0 Å². The molecule has 2 atom stereocenters. The number of hydrogen-bond donors (Lipinski definition) is 1. The first-order valence-electron chi connectivity index (χ1n) is 5.97. The molecule has 0 amide bonds. The van der Waals surface area contributed by atoms with Crippen molar-refractivity contribution in [3.8, 4) is 6.07 Å². The van der Waals surface area contributed by atoms with Crippen LogP contribution in [0.25, 0.3) is 0 Å². The van der Waals surface area contributed by atoms with Crippen molar-refractivity contribution in [3.05, 3.63) is 59.5 Å². The second-order valence-electron chi connectivity index (χ2n) is 4.31. The van der Waals surface area contributed by atoms with Gasteiger partial charge in [-0.3, -0.25) is 5.32 Å². The van der Waals surface area contributed by atoms with Crippen LogP contribution < -0.4 is 5.32 Å². The molecule has 3 heteroatoms. The topological polar surface area (TPSA) is 49.0 Å². The molecular weight excluding hydrogens is 224 g/mol. The first kappa shape index (κ1) is 12.4. The Balaban J connectivity index is 2.10. The van der Waals surface area contributed by atoms with Crippen LogP contribution in [0.1, 0.15) is 36.1 Å². The lowest BCUT2D eigenvalue weighted by atomic mass is 10.1. The van der Waals surface area contributed by atoms with Crippen molar-refractivity contribution in [1.82, 2.24) is 5.32 Å². The zero-order valence-corrected chi connectivity index (χ0v) is 10.6. The van der Waals surface area contributed by atoms with Crippen molar-refractivity contribution >= 4 is 0 Å². The van der Waals surface area contributed by atoms with Gasteiger partial charge in [-0.05, 0) is 31.5 Å². The summed E-state index contributed by atoms with van der Waals surface area (Å²) in [5.74, 6) is 1.48. The summed E-state index contributed by atoms with van der Waals surface area (Å²) in [6.45, 7) is 3.91. The predicted octanol–water partition coefficient (Wildman–Crippen LogP) is 3.50. The van der Waals surface area contributed by atoms with Crippen molar-refractivity contribution in [2.45, 2.75) is 25.9 Å². The molecule has 18 heavy (non-hydrogen) atoms. The van der Waals surface area contributed by atoms with E-state index in [9.17, 15) is 5.26 Å². The van der Waals surface area contributed by atoms with Crippen LogP contribution in [-0.2, 0) is 0 Å². The largest absolute Gasteiger partial charge is 0.464 e. The molecule has 1 N–H and O–H groups in total. The van der Waals surface area contributed by atoms with E-state index in [0.29, 0.717) is 5.76 Å². The highest BCUT2D eigenvalue weighted by atomic mass is 16.3. The highest BCUT2D eigenvalue weighted by Gasteiger charge is 2.17. The molecule has 0 bridgehead atoms. The fourth-order valence-electron chi connectivity index (χ4n) is 1.88. The van der Waals surface area contributed by atoms with Gasteiger partial charge in [-0.25, -0.2) is 0 Å². The van der Waals surface area contributed by atoms with Gasteiger partial charge in [-0.1, -0.05) is 30.3 Å². The van der Waals surface area contributed by atoms with Gasteiger partial charge in [-0.15, -0.1) is 0 Å². The Bertz CT molecular complexity index is 539. The summed E-state index contributed by atoms with van der Waals surface area (Å²) in [7, 11) is 0. The third-order valence-electron chi connectivity index (χ3n) is 2.89. The molecule has 0 aliphatic rings. The van der Waals surface area contributed by atoms with Crippen molar-refractivity contribution in [2.75, 3.05) is 0 Å². The average molecular weight is 240 g/mol. The number of furan rings is 1. The Kier molecular flexibility index (Phi) is 3.81. The van der Waals surface area contributed by atoms with E-state index in [2.05, 4.69) is 11.4 Å². The summed E-state index contributed by atoms with van der Waals surface area (Å²) < 4.78 is 5.49. The van der Waals surface area contributed by atoms with Gasteiger partial charge in [0.1, 0.15) is 11.5 Å². The van der Waals surface area contributed by atoms with Gasteiger partial charge in [0.25, 0.3) is 0 Å². The third kappa shape index (κ3) is 2.79. The zero-order valence-electron chi connectivity index (χ0n) is 10.6. The van der Waals surface area contributed by atoms with Gasteiger partial charge in [0.05, 0.1) is 6.07 Å². The van der Waals surface area contributed by atoms with Crippen LogP contribution in [0.15, 0.2) is 46.9 Å². The number of benzene rings is 1. The van der Waals surface area contributed by atoms with E-state index >= 15 is 0 Å². The molecule has 2 rings (SSSR count). The minimum Gasteiger partial charge on any atom is -0.464 e. The van der Waals surface area contributed by atoms with Crippen molar-refractivity contribution in [1.29, 1.82) is 5.26 Å². The maximum Gasteiger partial charge on any atom is 0.154 e. The predicted molar refractivity (Wildman–Crippen MR) is 69.8 cm³/mol. The standard InChI is InChI=1S/C15H16N2O/c1-11-8-9-15(18-11)14(10-16)17-12(2)13-6-4-3-5-7-13/h3-9,12,14,17H,1-2H3/t12-,14-/m0/s1. The van der Waals surface area contributed by atoms with Crippen molar-refractivity contribution in [3.63, 3.8) is 0 Å². The van der Waals surface area contributed by atoms with E-state index in [4.69, 9.17) is 4.42 Å². The molecule has 0 fully saturated rings. The summed E-state index contributed by atoms with van der Waals surface area (Å²) in [5, 5.41) is 12.5. The number of nitrogens with one attached hydrogen (secondary N) is 1. The van der Waals surface area contributed by atoms with Crippen LogP contribution in [0.4, 0.5) is 0 Å². The summed E-state index contributed by atoms with van der Waals surface area (Å²) in [5.41, 5.74) is 1.15. The monoisotopic (exact) mass is 240 g/mol. The second-order valence-corrected chi connectivity index (χ2v) is 4.31. The first-order chi connectivity index (χ1) is 8.70. The highest BCUT2D eigenvalue weighted by molar-refractivity contribution is 5.21. The molecule has 1 aromatic carbocycles. The first-order valence-corrected chi connectivity index (χ1v) is 5.97. The SMILES string of the molecule is Cc1ccc([C@H](C#N)N[C@@H](C)c2ccccc2)o1. The molecule has 1 heterocycles. The number of hydrogen-bond acceptors (Lipinski definition) is 3. The molecule has 1 aromatic heterocycles. The lowest BCUT2D eigenvalue weighted by Gasteiger charge is -2.17. The van der Waals surface area contributed by atoms with E-state index in [1.165, 1.54) is 0 Å². The van der Waals surface area contributed by atoms with Gasteiger partial charge in [0.2, 0.25) is 0 Å². The molecule has 2 aromatic rings. The minimum atomic E-state index is -0.422. The van der Waals surface area contributed by atoms with Gasteiger partial charge in [0, 0.05) is 6.04 Å². The Hall–Kier alpha value is -2.05. The normalized spacial score (nSPS) is 13.8. The van der Waals surface area contributed by atoms with E-state index in [0.717, 1.165) is 11.3 Å². The van der Waals surface area contributed by atoms with Gasteiger partial charge in [0.15, 0.2) is 6.04 Å². The fourth-order valence-corrected chi connectivity index (χ4v) is 1.88. The molecule has 0 spiro atoms. The Morgan fingerprint density at radius 2 is 1.89 bits per heavy atom. The Labute approximate surface area is 107 Å². The van der Waals surface area contributed by atoms with Gasteiger partial charge >= 0.3 is 0 Å². The van der Waals surface area contributed by atoms with Crippen LogP contribution in [0, 0.1) is 18.3 Å². The summed E-state index contributed by atoms with van der Waals surface area (Å²) >= 11 is 0. The van der Waals surface area contributed by atoms with Crippen molar-refractivity contribution < 1.29 is 4.42 Å². The maximum absolute atomic E-state index is 9.21. The number of aryl methyl sites for hydroxylation is 1. The smallest absolute Gasteiger partial charge is 0.154 e. The van der Waals surface area contributed by atoms with Crippen molar-refractivity contribution in [2.24, 2.45) is 0 Å². The quantitative estimate of drug-likeness (QED) is 0.889. The number of nitrogens with zero attached hydrogens (tertiary/aromatic N) is 1. The lowest BCUT2D eigenvalue weighted by Crippen LogP contribution is -2.23. The molecule has 0 unspecified atom stereocenters. The van der Waals surface area contributed by atoms with Crippen LogP contribution in [0.5, 0.6) is 0 Å². The lowest BCUT2D eigenvalue weighted by molar-refractivity contribution is 0.418. The van der Waals surface area contributed by atoms with E-state index in [1.807, 2.05) is 56.3 Å². The van der Waals surface area contributed by atoms with E-state index in [-0.39, 0.29) is 6.04 Å². The molecular formula is C15H16N2O. The fraction of sp³-hybridized carbons (Fsp3) is 0.267. The summed E-state index contributed by atoms with van der Waals surface area (Å²) in [6, 6.07) is 15.7. The molecule has 0 radical (unpaired) electrons. The molecule has 92 valence electrons. The van der Waals surface area contributed by atoms with E-state index in [1.54, 1.807) is 0 Å². The molecule has 0 aliphatic heterocycles. The Morgan fingerprint density at radius 3 is 2.44 bits per heavy atom. The second kappa shape index (κ2) is 5.52. The molecule has 0 saturated heterocycles. The summed E-state index contributed by atoms with van der Waals surface area (Å²) in [6.07, 6.45) is 0.